The van der Waals surface area contributed by atoms with Gasteiger partial charge in [-0.1, -0.05) is 23.7 Å². The van der Waals surface area contributed by atoms with Crippen molar-refractivity contribution in [1.29, 1.82) is 0 Å². The number of hydrogen-bond acceptors (Lipinski definition) is 4. The molecule has 2 aliphatic rings. The second-order valence-corrected chi connectivity index (χ2v) is 7.36. The zero-order chi connectivity index (χ0) is 19.7. The maximum absolute atomic E-state index is 12.7. The molecule has 1 fully saturated rings. The molecule has 0 bridgehead atoms. The standard InChI is InChI=1S/C21H19ClN2O4/c22-15-6-3-13(4-7-15)11-23-19(25)14-5-8-17-18(10-14)21(27)24(20(17)26)12-16-2-1-9-28-16/h3-8,10,16H,1-2,9,11-12H2,(H,23,25). The monoisotopic (exact) mass is 398 g/mol. The molecule has 0 aliphatic carbocycles. The summed E-state index contributed by atoms with van der Waals surface area (Å²) in [5, 5.41) is 3.44. The lowest BCUT2D eigenvalue weighted by Gasteiger charge is -2.17. The third-order valence-electron chi connectivity index (χ3n) is 5.01. The van der Waals surface area contributed by atoms with Gasteiger partial charge in [0.15, 0.2) is 0 Å². The molecule has 0 saturated carbocycles. The molecule has 2 aromatic carbocycles. The van der Waals surface area contributed by atoms with E-state index in [2.05, 4.69) is 5.32 Å². The average Bonchev–Trinajstić information content (AvgIpc) is 3.30. The van der Waals surface area contributed by atoms with E-state index in [1.54, 1.807) is 24.3 Å². The van der Waals surface area contributed by atoms with E-state index in [4.69, 9.17) is 16.3 Å². The second-order valence-electron chi connectivity index (χ2n) is 6.93. The molecule has 28 heavy (non-hydrogen) atoms. The third kappa shape index (κ3) is 3.66. The van der Waals surface area contributed by atoms with Crippen LogP contribution < -0.4 is 5.32 Å². The first kappa shape index (κ1) is 18.7. The second kappa shape index (κ2) is 7.73. The van der Waals surface area contributed by atoms with Crippen LogP contribution in [0.1, 0.15) is 49.5 Å². The van der Waals surface area contributed by atoms with Crippen LogP contribution in [-0.4, -0.2) is 41.9 Å². The van der Waals surface area contributed by atoms with E-state index in [-0.39, 0.29) is 35.9 Å². The lowest BCUT2D eigenvalue weighted by molar-refractivity contribution is 0.0475. The zero-order valence-corrected chi connectivity index (χ0v) is 15.9. The van der Waals surface area contributed by atoms with E-state index in [1.807, 2.05) is 12.1 Å². The van der Waals surface area contributed by atoms with Crippen LogP contribution in [0.3, 0.4) is 0 Å². The van der Waals surface area contributed by atoms with Gasteiger partial charge in [0.2, 0.25) is 0 Å². The molecule has 6 nitrogen and oxygen atoms in total. The zero-order valence-electron chi connectivity index (χ0n) is 15.1. The van der Waals surface area contributed by atoms with Crippen LogP contribution in [0.25, 0.3) is 0 Å². The molecule has 144 valence electrons. The SMILES string of the molecule is O=C(NCc1ccc(Cl)cc1)c1ccc2c(c1)C(=O)N(CC1CCCO1)C2=O. The molecule has 0 radical (unpaired) electrons. The van der Waals surface area contributed by atoms with Crippen LogP contribution in [0.5, 0.6) is 0 Å². The van der Waals surface area contributed by atoms with Crippen LogP contribution in [0.2, 0.25) is 5.02 Å². The Kier molecular flexibility index (Phi) is 5.15. The Morgan fingerprint density at radius 2 is 1.86 bits per heavy atom. The van der Waals surface area contributed by atoms with E-state index in [0.717, 1.165) is 18.4 Å². The summed E-state index contributed by atoms with van der Waals surface area (Å²) in [6.45, 7) is 1.25. The van der Waals surface area contributed by atoms with Crippen molar-refractivity contribution in [2.24, 2.45) is 0 Å². The minimum absolute atomic E-state index is 0.107. The number of rotatable bonds is 5. The van der Waals surface area contributed by atoms with Crippen LogP contribution in [0.4, 0.5) is 0 Å². The van der Waals surface area contributed by atoms with E-state index in [0.29, 0.717) is 29.3 Å². The molecular weight excluding hydrogens is 380 g/mol. The van der Waals surface area contributed by atoms with E-state index >= 15 is 0 Å². The molecule has 1 unspecified atom stereocenters. The number of nitrogens with one attached hydrogen (secondary N) is 1. The highest BCUT2D eigenvalue weighted by Crippen LogP contribution is 2.26. The lowest BCUT2D eigenvalue weighted by atomic mass is 10.1. The molecule has 2 aliphatic heterocycles. The molecule has 1 N–H and O–H groups in total. The average molecular weight is 399 g/mol. The smallest absolute Gasteiger partial charge is 0.261 e. The van der Waals surface area contributed by atoms with Crippen LogP contribution in [0.15, 0.2) is 42.5 Å². The predicted molar refractivity (Wildman–Crippen MR) is 103 cm³/mol. The van der Waals surface area contributed by atoms with Crippen molar-refractivity contribution in [3.05, 3.63) is 69.7 Å². The van der Waals surface area contributed by atoms with Crippen molar-refractivity contribution in [3.8, 4) is 0 Å². The van der Waals surface area contributed by atoms with Gasteiger partial charge >= 0.3 is 0 Å². The van der Waals surface area contributed by atoms with Crippen molar-refractivity contribution < 1.29 is 19.1 Å². The fraction of sp³-hybridized carbons (Fsp3) is 0.286. The number of ether oxygens (including phenoxy) is 1. The lowest BCUT2D eigenvalue weighted by Crippen LogP contribution is -2.36. The minimum Gasteiger partial charge on any atom is -0.376 e. The number of halogens is 1. The molecule has 2 aromatic rings. The number of carbonyl (C=O) groups is 3. The van der Waals surface area contributed by atoms with Crippen LogP contribution in [0, 0.1) is 0 Å². The number of benzene rings is 2. The number of nitrogens with zero attached hydrogens (tertiary/aromatic N) is 1. The van der Waals surface area contributed by atoms with Crippen LogP contribution in [-0.2, 0) is 11.3 Å². The van der Waals surface area contributed by atoms with Gasteiger partial charge in [0.05, 0.1) is 23.8 Å². The van der Waals surface area contributed by atoms with Gasteiger partial charge in [-0.2, -0.15) is 0 Å². The van der Waals surface area contributed by atoms with Gasteiger partial charge in [0.25, 0.3) is 17.7 Å². The fourth-order valence-corrected chi connectivity index (χ4v) is 3.60. The maximum Gasteiger partial charge on any atom is 0.261 e. The van der Waals surface area contributed by atoms with Gasteiger partial charge in [-0.3, -0.25) is 19.3 Å². The summed E-state index contributed by atoms with van der Waals surface area (Å²) in [5.41, 5.74) is 1.85. The first-order valence-corrected chi connectivity index (χ1v) is 9.55. The summed E-state index contributed by atoms with van der Waals surface area (Å²) in [6, 6.07) is 11.8. The Labute approximate surface area is 167 Å². The molecule has 0 aromatic heterocycles. The third-order valence-corrected chi connectivity index (χ3v) is 5.26. The Hall–Kier alpha value is -2.70. The summed E-state index contributed by atoms with van der Waals surface area (Å²) in [6.07, 6.45) is 1.67. The fourth-order valence-electron chi connectivity index (χ4n) is 3.48. The van der Waals surface area contributed by atoms with Gasteiger partial charge in [-0.05, 0) is 48.7 Å². The molecule has 4 rings (SSSR count). The number of imide groups is 1. The maximum atomic E-state index is 12.7. The van der Waals surface area contributed by atoms with Gasteiger partial charge in [-0.15, -0.1) is 0 Å². The Balaban J connectivity index is 1.46. The van der Waals surface area contributed by atoms with Crippen molar-refractivity contribution in [1.82, 2.24) is 10.2 Å². The van der Waals surface area contributed by atoms with Gasteiger partial charge in [0.1, 0.15) is 0 Å². The summed E-state index contributed by atoms with van der Waals surface area (Å²) >= 11 is 5.86. The van der Waals surface area contributed by atoms with Gasteiger partial charge in [-0.25, -0.2) is 0 Å². The number of hydrogen-bond donors (Lipinski definition) is 1. The van der Waals surface area contributed by atoms with Gasteiger partial charge < -0.3 is 10.1 Å². The molecule has 3 amide bonds. The van der Waals surface area contributed by atoms with E-state index < -0.39 is 0 Å². The summed E-state index contributed by atoms with van der Waals surface area (Å²) in [7, 11) is 0. The highest BCUT2D eigenvalue weighted by Gasteiger charge is 2.37. The predicted octanol–water partition coefficient (Wildman–Crippen LogP) is 3.05. The summed E-state index contributed by atoms with van der Waals surface area (Å²) < 4.78 is 5.54. The Bertz CT molecular complexity index is 936. The number of carbonyl (C=O) groups excluding carboxylic acids is 3. The first-order chi connectivity index (χ1) is 13.5. The van der Waals surface area contributed by atoms with Gasteiger partial charge in [0, 0.05) is 23.7 Å². The van der Waals surface area contributed by atoms with Crippen molar-refractivity contribution in [2.45, 2.75) is 25.5 Å². The minimum atomic E-state index is -0.372. The molecule has 2 heterocycles. The molecule has 0 spiro atoms. The Morgan fingerprint density at radius 1 is 1.11 bits per heavy atom. The molecule has 7 heteroatoms. The summed E-state index contributed by atoms with van der Waals surface area (Å²) in [5.74, 6) is -1.01. The normalized spacial score (nSPS) is 18.5. The first-order valence-electron chi connectivity index (χ1n) is 9.17. The van der Waals surface area contributed by atoms with E-state index in [1.165, 1.54) is 11.0 Å². The van der Waals surface area contributed by atoms with Crippen molar-refractivity contribution >= 4 is 29.3 Å². The number of fused-ring (bicyclic) bond motifs is 1. The van der Waals surface area contributed by atoms with Crippen molar-refractivity contribution in [3.63, 3.8) is 0 Å². The van der Waals surface area contributed by atoms with E-state index in [9.17, 15) is 14.4 Å². The summed E-state index contributed by atoms with van der Waals surface area (Å²) in [4.78, 5) is 38.9. The topological polar surface area (TPSA) is 75.7 Å². The largest absolute Gasteiger partial charge is 0.376 e. The molecular formula is C21H19ClN2O4. The quantitative estimate of drug-likeness (QED) is 0.785. The van der Waals surface area contributed by atoms with Crippen molar-refractivity contribution in [2.75, 3.05) is 13.2 Å². The molecule has 1 atom stereocenters. The molecule has 1 saturated heterocycles. The highest BCUT2D eigenvalue weighted by molar-refractivity contribution is 6.30. The highest BCUT2D eigenvalue weighted by atomic mass is 35.5. The van der Waals surface area contributed by atoms with Crippen LogP contribution >= 0.6 is 11.6 Å². The number of amides is 3. The Morgan fingerprint density at radius 3 is 2.57 bits per heavy atom.